The number of carbonyl (C=O) groups is 1. The lowest BCUT2D eigenvalue weighted by Crippen LogP contribution is -2.36. The third-order valence-corrected chi connectivity index (χ3v) is 4.84. The van der Waals surface area contributed by atoms with Crippen LogP contribution in [0.4, 0.5) is 0 Å². The fourth-order valence-corrected chi connectivity index (χ4v) is 3.16. The Bertz CT molecular complexity index is 493. The summed E-state index contributed by atoms with van der Waals surface area (Å²) >= 11 is 11.9. The van der Waals surface area contributed by atoms with Gasteiger partial charge in [-0.05, 0) is 49.9 Å². The molecule has 1 aliphatic carbocycles. The number of halogens is 2. The molecule has 3 nitrogen and oxygen atoms in total. The molecule has 2 rings (SSSR count). The van der Waals surface area contributed by atoms with E-state index in [2.05, 4.69) is 5.32 Å². The second-order valence-electron chi connectivity index (χ2n) is 5.44. The molecule has 0 heterocycles. The van der Waals surface area contributed by atoms with Crippen LogP contribution in [0.2, 0.25) is 10.0 Å². The fraction of sp³-hybridized carbons (Fsp3) is 0.533. The molecular formula is C15H20Cl2N2O. The van der Waals surface area contributed by atoms with Crippen molar-refractivity contribution in [3.8, 4) is 0 Å². The smallest absolute Gasteiger partial charge is 0.223 e. The lowest BCUT2D eigenvalue weighted by atomic mass is 9.94. The average molecular weight is 315 g/mol. The highest BCUT2D eigenvalue weighted by molar-refractivity contribution is 6.42. The van der Waals surface area contributed by atoms with Gasteiger partial charge in [-0.25, -0.2) is 0 Å². The molecular weight excluding hydrogens is 295 g/mol. The predicted octanol–water partition coefficient (Wildman–Crippen LogP) is 3.55. The second-order valence-corrected chi connectivity index (χ2v) is 6.25. The van der Waals surface area contributed by atoms with Crippen LogP contribution in [0.1, 0.15) is 37.8 Å². The van der Waals surface area contributed by atoms with Gasteiger partial charge in [-0.2, -0.15) is 0 Å². The Hall–Kier alpha value is -0.770. The maximum Gasteiger partial charge on any atom is 0.223 e. The molecule has 0 aliphatic heterocycles. The molecule has 0 aromatic heterocycles. The number of hydrogen-bond donors (Lipinski definition) is 2. The monoisotopic (exact) mass is 314 g/mol. The zero-order valence-electron chi connectivity index (χ0n) is 11.5. The number of hydrogen-bond acceptors (Lipinski definition) is 2. The van der Waals surface area contributed by atoms with E-state index in [0.717, 1.165) is 24.8 Å². The molecule has 1 aliphatic rings. The molecule has 1 aromatic rings. The zero-order chi connectivity index (χ0) is 14.7. The Labute approximate surface area is 129 Å². The van der Waals surface area contributed by atoms with E-state index in [4.69, 9.17) is 28.9 Å². The first-order valence-corrected chi connectivity index (χ1v) is 7.74. The fourth-order valence-electron chi connectivity index (χ4n) is 2.85. The summed E-state index contributed by atoms with van der Waals surface area (Å²) in [7, 11) is 0. The Morgan fingerprint density at radius 1 is 1.40 bits per heavy atom. The van der Waals surface area contributed by atoms with E-state index in [1.54, 1.807) is 12.1 Å². The van der Waals surface area contributed by atoms with E-state index in [0.29, 0.717) is 22.5 Å². The first-order valence-electron chi connectivity index (χ1n) is 6.98. The van der Waals surface area contributed by atoms with E-state index in [1.807, 2.05) is 13.0 Å². The van der Waals surface area contributed by atoms with Gasteiger partial charge in [0.05, 0.1) is 16.1 Å². The molecule has 1 aromatic carbocycles. The number of nitrogens with two attached hydrogens (primary N) is 1. The van der Waals surface area contributed by atoms with Crippen LogP contribution in [-0.4, -0.2) is 12.5 Å². The van der Waals surface area contributed by atoms with Crippen molar-refractivity contribution in [1.82, 2.24) is 5.32 Å². The summed E-state index contributed by atoms with van der Waals surface area (Å²) in [5, 5.41) is 4.08. The first-order chi connectivity index (χ1) is 9.52. The van der Waals surface area contributed by atoms with Crippen LogP contribution < -0.4 is 11.1 Å². The number of nitrogens with one attached hydrogen (secondary N) is 1. The van der Waals surface area contributed by atoms with Gasteiger partial charge in [-0.15, -0.1) is 0 Å². The van der Waals surface area contributed by atoms with Crippen molar-refractivity contribution in [1.29, 1.82) is 0 Å². The number of carbonyl (C=O) groups excluding carboxylic acids is 1. The number of benzene rings is 1. The minimum Gasteiger partial charge on any atom is -0.349 e. The molecule has 3 atom stereocenters. The van der Waals surface area contributed by atoms with Gasteiger partial charge in [0.2, 0.25) is 5.91 Å². The summed E-state index contributed by atoms with van der Waals surface area (Å²) in [6, 6.07) is 5.34. The third-order valence-electron chi connectivity index (χ3n) is 4.10. The highest BCUT2D eigenvalue weighted by atomic mass is 35.5. The standard InChI is InChI=1S/C15H20Cl2N2O/c1-9(10-5-6-13(16)14(17)7-10)19-15(20)12-4-2-3-11(12)8-18/h5-7,9,11-12H,2-4,8,18H2,1H3,(H,19,20). The van der Waals surface area contributed by atoms with Crippen molar-refractivity contribution in [2.45, 2.75) is 32.2 Å². The minimum atomic E-state index is -0.0868. The molecule has 110 valence electrons. The zero-order valence-corrected chi connectivity index (χ0v) is 13.0. The van der Waals surface area contributed by atoms with Crippen LogP contribution in [0.3, 0.4) is 0 Å². The van der Waals surface area contributed by atoms with E-state index in [1.165, 1.54) is 0 Å². The topological polar surface area (TPSA) is 55.1 Å². The van der Waals surface area contributed by atoms with Crippen LogP contribution in [0, 0.1) is 11.8 Å². The van der Waals surface area contributed by atoms with Gasteiger partial charge in [0.25, 0.3) is 0 Å². The molecule has 1 fully saturated rings. The molecule has 3 N–H and O–H groups in total. The lowest BCUT2D eigenvalue weighted by molar-refractivity contribution is -0.126. The highest BCUT2D eigenvalue weighted by Crippen LogP contribution is 2.32. The van der Waals surface area contributed by atoms with Crippen molar-refractivity contribution < 1.29 is 4.79 Å². The maximum absolute atomic E-state index is 12.3. The van der Waals surface area contributed by atoms with Gasteiger partial charge in [-0.1, -0.05) is 35.7 Å². The summed E-state index contributed by atoms with van der Waals surface area (Å²) in [4.78, 5) is 12.3. The summed E-state index contributed by atoms with van der Waals surface area (Å²) in [6.45, 7) is 2.53. The summed E-state index contributed by atoms with van der Waals surface area (Å²) in [6.07, 6.45) is 3.07. The van der Waals surface area contributed by atoms with Crippen LogP contribution >= 0.6 is 23.2 Å². The molecule has 5 heteroatoms. The number of rotatable bonds is 4. The predicted molar refractivity (Wildman–Crippen MR) is 82.9 cm³/mol. The van der Waals surface area contributed by atoms with Gasteiger partial charge in [-0.3, -0.25) is 4.79 Å². The summed E-state index contributed by atoms with van der Waals surface area (Å²) < 4.78 is 0. The van der Waals surface area contributed by atoms with Gasteiger partial charge in [0.15, 0.2) is 0 Å². The Balaban J connectivity index is 2.01. The largest absolute Gasteiger partial charge is 0.349 e. The Morgan fingerprint density at radius 2 is 2.15 bits per heavy atom. The van der Waals surface area contributed by atoms with Crippen LogP contribution in [0.15, 0.2) is 18.2 Å². The van der Waals surface area contributed by atoms with Crippen molar-refractivity contribution in [2.24, 2.45) is 17.6 Å². The summed E-state index contributed by atoms with van der Waals surface area (Å²) in [5.74, 6) is 0.456. The molecule has 0 bridgehead atoms. The average Bonchev–Trinajstić information content (AvgIpc) is 2.90. The van der Waals surface area contributed by atoms with Gasteiger partial charge in [0, 0.05) is 5.92 Å². The molecule has 0 saturated heterocycles. The van der Waals surface area contributed by atoms with Crippen molar-refractivity contribution in [3.63, 3.8) is 0 Å². The maximum atomic E-state index is 12.3. The first kappa shape index (κ1) is 15.6. The van der Waals surface area contributed by atoms with Crippen molar-refractivity contribution in [2.75, 3.05) is 6.54 Å². The van der Waals surface area contributed by atoms with E-state index < -0.39 is 0 Å². The van der Waals surface area contributed by atoms with E-state index in [-0.39, 0.29) is 17.9 Å². The highest BCUT2D eigenvalue weighted by Gasteiger charge is 2.32. The van der Waals surface area contributed by atoms with Crippen molar-refractivity contribution in [3.05, 3.63) is 33.8 Å². The second kappa shape index (κ2) is 6.79. The molecule has 1 amide bonds. The third kappa shape index (κ3) is 3.46. The Morgan fingerprint density at radius 3 is 2.80 bits per heavy atom. The van der Waals surface area contributed by atoms with E-state index in [9.17, 15) is 4.79 Å². The van der Waals surface area contributed by atoms with Crippen LogP contribution in [0.25, 0.3) is 0 Å². The van der Waals surface area contributed by atoms with E-state index >= 15 is 0 Å². The lowest BCUT2D eigenvalue weighted by Gasteiger charge is -2.21. The minimum absolute atomic E-state index is 0.0465. The summed E-state index contributed by atoms with van der Waals surface area (Å²) in [5.41, 5.74) is 6.68. The SMILES string of the molecule is CC(NC(=O)C1CCCC1CN)c1ccc(Cl)c(Cl)c1. The molecule has 0 spiro atoms. The quantitative estimate of drug-likeness (QED) is 0.893. The normalized spacial score (nSPS) is 23.6. The molecule has 0 radical (unpaired) electrons. The number of amides is 1. The molecule has 3 unspecified atom stereocenters. The van der Waals surface area contributed by atoms with Crippen LogP contribution in [0.5, 0.6) is 0 Å². The molecule has 20 heavy (non-hydrogen) atoms. The van der Waals surface area contributed by atoms with Gasteiger partial charge in [0.1, 0.15) is 0 Å². The molecule has 1 saturated carbocycles. The van der Waals surface area contributed by atoms with Gasteiger partial charge < -0.3 is 11.1 Å². The Kier molecular flexibility index (Phi) is 5.30. The van der Waals surface area contributed by atoms with Crippen molar-refractivity contribution >= 4 is 29.1 Å². The van der Waals surface area contributed by atoms with Crippen LogP contribution in [-0.2, 0) is 4.79 Å². The van der Waals surface area contributed by atoms with Gasteiger partial charge >= 0.3 is 0 Å².